The van der Waals surface area contributed by atoms with E-state index in [1.165, 1.54) is 11.5 Å². The summed E-state index contributed by atoms with van der Waals surface area (Å²) in [5.74, 6) is 0.638. The lowest BCUT2D eigenvalue weighted by molar-refractivity contribution is 1.01. The third-order valence-corrected chi connectivity index (χ3v) is 4.55. The number of hydrogen-bond acceptors (Lipinski definition) is 3. The normalized spacial score (nSPS) is 11.5. The second-order valence-corrected chi connectivity index (χ2v) is 6.91. The smallest absolute Gasteiger partial charge is 0.218 e. The minimum absolute atomic E-state index is 0.413. The number of benzene rings is 2. The van der Waals surface area contributed by atoms with Crippen LogP contribution >= 0.6 is 23.1 Å². The number of para-hydroxylation sites is 1. The quantitative estimate of drug-likeness (QED) is 0.526. The van der Waals surface area contributed by atoms with Crippen molar-refractivity contribution in [3.63, 3.8) is 0 Å². The van der Waals surface area contributed by atoms with E-state index in [9.17, 15) is 0 Å². The number of rotatable bonds is 3. The largest absolute Gasteiger partial charge is 0.325 e. The second-order valence-electron chi connectivity index (χ2n) is 5.28. The molecule has 3 rings (SSSR count). The van der Waals surface area contributed by atoms with Gasteiger partial charge in [-0.25, -0.2) is 8.95 Å². The van der Waals surface area contributed by atoms with Gasteiger partial charge in [0, 0.05) is 15.6 Å². The highest BCUT2D eigenvalue weighted by Crippen LogP contribution is 2.12. The zero-order chi connectivity index (χ0) is 16.9. The van der Waals surface area contributed by atoms with E-state index in [2.05, 4.69) is 10.3 Å². The third-order valence-electron chi connectivity index (χ3n) is 3.34. The maximum Gasteiger partial charge on any atom is 0.218 e. The first-order valence-corrected chi connectivity index (χ1v) is 8.63. The van der Waals surface area contributed by atoms with Gasteiger partial charge < -0.3 is 5.32 Å². The monoisotopic (exact) mass is 356 g/mol. The molecule has 0 aliphatic rings. The van der Waals surface area contributed by atoms with Crippen LogP contribution in [0.5, 0.6) is 0 Å². The molecular weight excluding hydrogens is 340 g/mol. The molecule has 0 amide bonds. The zero-order valence-electron chi connectivity index (χ0n) is 13.2. The molecule has 0 saturated heterocycles. The summed E-state index contributed by atoms with van der Waals surface area (Å²) in [5.41, 5.74) is 2.41. The minimum atomic E-state index is 0.413. The van der Waals surface area contributed by atoms with Gasteiger partial charge in [-0.1, -0.05) is 53.5 Å². The second kappa shape index (κ2) is 7.47. The maximum absolute atomic E-state index is 8.13. The molecule has 6 heteroatoms. The van der Waals surface area contributed by atoms with Gasteiger partial charge in [0.25, 0.3) is 0 Å². The average molecular weight is 357 g/mol. The number of nitrogens with one attached hydrogen (secondary N) is 2. The fourth-order valence-corrected chi connectivity index (χ4v) is 3.11. The predicted octanol–water partition coefficient (Wildman–Crippen LogP) is 4.51. The standard InChI is InChI=1S/C18H17ClN4S/c1-13-11-17(20)23(24-13)18(22-16-5-3-2-4-6-16)21-12-14-7-9-15(19)10-8-14/h2-11,20H,12H2,1H3,(H,21,22). The van der Waals surface area contributed by atoms with Crippen LogP contribution in [-0.2, 0) is 6.54 Å². The Morgan fingerprint density at radius 3 is 2.50 bits per heavy atom. The Morgan fingerprint density at radius 1 is 1.17 bits per heavy atom. The summed E-state index contributed by atoms with van der Waals surface area (Å²) >= 11 is 7.42. The Morgan fingerprint density at radius 2 is 1.88 bits per heavy atom. The molecule has 0 bridgehead atoms. The van der Waals surface area contributed by atoms with Gasteiger partial charge >= 0.3 is 0 Å². The topological polar surface area (TPSA) is 53.2 Å². The molecular formula is C18H17ClN4S. The number of hydrogen-bond donors (Lipinski definition) is 2. The van der Waals surface area contributed by atoms with E-state index in [-0.39, 0.29) is 0 Å². The molecule has 0 saturated carbocycles. The van der Waals surface area contributed by atoms with Crippen LogP contribution in [0, 0.1) is 12.3 Å². The Balaban J connectivity index is 1.92. The number of anilines is 1. The lowest BCUT2D eigenvalue weighted by Gasteiger charge is -2.10. The highest BCUT2D eigenvalue weighted by molar-refractivity contribution is 7.07. The first-order chi connectivity index (χ1) is 11.6. The average Bonchev–Trinajstić information content (AvgIpc) is 2.92. The number of aliphatic imine (C=N–C) groups is 1. The maximum atomic E-state index is 8.13. The summed E-state index contributed by atoms with van der Waals surface area (Å²) in [5, 5.41) is 12.2. The van der Waals surface area contributed by atoms with Crippen molar-refractivity contribution < 1.29 is 0 Å². The summed E-state index contributed by atoms with van der Waals surface area (Å²) in [6.07, 6.45) is 0. The van der Waals surface area contributed by atoms with Crippen molar-refractivity contribution in [3.05, 3.63) is 81.6 Å². The summed E-state index contributed by atoms with van der Waals surface area (Å²) < 4.78 is 1.79. The predicted molar refractivity (Wildman–Crippen MR) is 101 cm³/mol. The first kappa shape index (κ1) is 16.5. The molecule has 0 spiro atoms. The lowest BCUT2D eigenvalue weighted by atomic mass is 10.2. The molecule has 1 aromatic heterocycles. The van der Waals surface area contributed by atoms with Gasteiger partial charge in [-0.05, 0) is 42.8 Å². The Bertz CT molecular complexity index is 895. The number of aryl methyl sites for hydroxylation is 1. The van der Waals surface area contributed by atoms with E-state index in [0.717, 1.165) is 16.1 Å². The van der Waals surface area contributed by atoms with Crippen LogP contribution in [0.15, 0.2) is 65.7 Å². The summed E-state index contributed by atoms with van der Waals surface area (Å²) in [7, 11) is 0. The molecule has 122 valence electrons. The molecule has 1 heterocycles. The Labute approximate surface area is 149 Å². The van der Waals surface area contributed by atoms with Crippen LogP contribution < -0.4 is 10.8 Å². The van der Waals surface area contributed by atoms with Gasteiger partial charge in [0.1, 0.15) is 5.49 Å². The molecule has 0 fully saturated rings. The van der Waals surface area contributed by atoms with Crippen LogP contribution in [0.2, 0.25) is 5.02 Å². The van der Waals surface area contributed by atoms with Crippen LogP contribution in [0.4, 0.5) is 5.69 Å². The van der Waals surface area contributed by atoms with Gasteiger partial charge in [0.05, 0.1) is 6.54 Å². The summed E-state index contributed by atoms with van der Waals surface area (Å²) in [4.78, 5) is 5.74. The van der Waals surface area contributed by atoms with Crippen molar-refractivity contribution in [3.8, 4) is 0 Å². The van der Waals surface area contributed by atoms with Gasteiger partial charge in [0.2, 0.25) is 5.96 Å². The highest BCUT2D eigenvalue weighted by atomic mass is 35.5. The lowest BCUT2D eigenvalue weighted by Crippen LogP contribution is -2.28. The van der Waals surface area contributed by atoms with Crippen molar-refractivity contribution in [2.75, 3.05) is 5.32 Å². The number of aromatic nitrogens is 1. The van der Waals surface area contributed by atoms with E-state index < -0.39 is 0 Å². The van der Waals surface area contributed by atoms with Crippen LogP contribution in [0.1, 0.15) is 10.4 Å². The van der Waals surface area contributed by atoms with Gasteiger partial charge in [-0.15, -0.1) is 0 Å². The molecule has 0 aliphatic heterocycles. The van der Waals surface area contributed by atoms with E-state index in [1.54, 1.807) is 3.96 Å². The SMILES string of the molecule is Cc1cc(=N)n(C(=NCc2ccc(Cl)cc2)Nc2ccccc2)s1. The van der Waals surface area contributed by atoms with E-state index in [4.69, 9.17) is 17.0 Å². The fourth-order valence-electron chi connectivity index (χ4n) is 2.19. The van der Waals surface area contributed by atoms with Crippen molar-refractivity contribution >= 4 is 34.8 Å². The van der Waals surface area contributed by atoms with Crippen molar-refractivity contribution in [2.45, 2.75) is 13.5 Å². The molecule has 4 nitrogen and oxygen atoms in total. The molecule has 0 aliphatic carbocycles. The van der Waals surface area contributed by atoms with Gasteiger partial charge in [-0.3, -0.25) is 5.41 Å². The molecule has 24 heavy (non-hydrogen) atoms. The molecule has 0 atom stereocenters. The molecule has 2 aromatic carbocycles. The zero-order valence-corrected chi connectivity index (χ0v) is 14.7. The van der Waals surface area contributed by atoms with E-state index in [1.807, 2.05) is 67.6 Å². The van der Waals surface area contributed by atoms with Crippen LogP contribution in [0.3, 0.4) is 0 Å². The van der Waals surface area contributed by atoms with E-state index in [0.29, 0.717) is 23.0 Å². The van der Waals surface area contributed by atoms with Gasteiger partial charge in [-0.2, -0.15) is 0 Å². The number of halogens is 1. The first-order valence-electron chi connectivity index (χ1n) is 7.48. The fraction of sp³-hybridized carbons (Fsp3) is 0.111. The Kier molecular flexibility index (Phi) is 5.13. The highest BCUT2D eigenvalue weighted by Gasteiger charge is 2.07. The van der Waals surface area contributed by atoms with Crippen LogP contribution in [-0.4, -0.2) is 9.92 Å². The molecule has 0 unspecified atom stereocenters. The molecule has 0 radical (unpaired) electrons. The molecule has 3 aromatic rings. The Hall–Kier alpha value is -2.37. The summed E-state index contributed by atoms with van der Waals surface area (Å²) in [6.45, 7) is 2.49. The van der Waals surface area contributed by atoms with E-state index >= 15 is 0 Å². The van der Waals surface area contributed by atoms with Crippen molar-refractivity contribution in [2.24, 2.45) is 4.99 Å². The van der Waals surface area contributed by atoms with Crippen molar-refractivity contribution in [1.82, 2.24) is 3.96 Å². The van der Waals surface area contributed by atoms with Gasteiger partial charge in [0.15, 0.2) is 0 Å². The van der Waals surface area contributed by atoms with Crippen molar-refractivity contribution in [1.29, 1.82) is 5.41 Å². The van der Waals surface area contributed by atoms with Crippen LogP contribution in [0.25, 0.3) is 0 Å². The number of nitrogens with zero attached hydrogens (tertiary/aromatic N) is 2. The molecule has 2 N–H and O–H groups in total. The minimum Gasteiger partial charge on any atom is -0.325 e. The summed E-state index contributed by atoms with van der Waals surface area (Å²) in [6, 6.07) is 19.3. The third kappa shape index (κ3) is 4.13.